The zero-order valence-corrected chi connectivity index (χ0v) is 13.9. The summed E-state index contributed by atoms with van der Waals surface area (Å²) in [5, 5.41) is 3.99. The van der Waals surface area contributed by atoms with Crippen molar-refractivity contribution >= 4 is 5.91 Å². The van der Waals surface area contributed by atoms with E-state index in [2.05, 4.69) is 20.1 Å². The maximum Gasteiger partial charge on any atom is 0.274 e. The maximum absolute atomic E-state index is 13.0. The molecule has 1 saturated heterocycles. The highest BCUT2D eigenvalue weighted by atomic mass is 19.1. The molecule has 1 aromatic carbocycles. The van der Waals surface area contributed by atoms with E-state index in [0.717, 1.165) is 12.8 Å². The fourth-order valence-corrected chi connectivity index (χ4v) is 3.02. The highest BCUT2D eigenvalue weighted by molar-refractivity contribution is 5.92. The molecule has 0 N–H and O–H groups in total. The molecule has 2 aromatic heterocycles. The fraction of sp³-hybridized carbons (Fsp3) is 0.278. The van der Waals surface area contributed by atoms with E-state index in [4.69, 9.17) is 4.52 Å². The second-order valence-corrected chi connectivity index (χ2v) is 6.12. The molecule has 1 aliphatic heterocycles. The van der Waals surface area contributed by atoms with E-state index in [1.54, 1.807) is 17.0 Å². The van der Waals surface area contributed by atoms with Crippen molar-refractivity contribution in [3.8, 4) is 11.4 Å². The number of rotatable bonds is 3. The Morgan fingerprint density at radius 3 is 2.62 bits per heavy atom. The van der Waals surface area contributed by atoms with Crippen LogP contribution in [0.4, 0.5) is 4.39 Å². The van der Waals surface area contributed by atoms with Gasteiger partial charge in [-0.25, -0.2) is 9.37 Å². The van der Waals surface area contributed by atoms with Crippen LogP contribution in [0.15, 0.2) is 47.4 Å². The molecule has 0 saturated carbocycles. The number of halogens is 1. The van der Waals surface area contributed by atoms with Gasteiger partial charge in [0.15, 0.2) is 0 Å². The molecule has 4 rings (SSSR count). The van der Waals surface area contributed by atoms with Crippen LogP contribution in [0, 0.1) is 5.82 Å². The Morgan fingerprint density at radius 2 is 1.92 bits per heavy atom. The number of hydrogen-bond donors (Lipinski definition) is 0. The average molecular weight is 353 g/mol. The largest absolute Gasteiger partial charge is 0.339 e. The first-order valence-corrected chi connectivity index (χ1v) is 8.35. The maximum atomic E-state index is 13.0. The lowest BCUT2D eigenvalue weighted by Gasteiger charge is -2.30. The van der Waals surface area contributed by atoms with E-state index < -0.39 is 0 Å². The van der Waals surface area contributed by atoms with Gasteiger partial charge in [0.25, 0.3) is 5.91 Å². The van der Waals surface area contributed by atoms with Crippen LogP contribution in [0.3, 0.4) is 0 Å². The molecule has 0 atom stereocenters. The van der Waals surface area contributed by atoms with Crippen LogP contribution in [0.25, 0.3) is 11.4 Å². The number of hydrogen-bond acceptors (Lipinski definition) is 6. The van der Waals surface area contributed by atoms with Crippen molar-refractivity contribution in [2.75, 3.05) is 13.1 Å². The number of carbonyl (C=O) groups is 1. The highest BCUT2D eigenvalue weighted by Crippen LogP contribution is 2.29. The summed E-state index contributed by atoms with van der Waals surface area (Å²) in [4.78, 5) is 26.6. The Kier molecular flexibility index (Phi) is 4.39. The molecule has 26 heavy (non-hydrogen) atoms. The van der Waals surface area contributed by atoms with Gasteiger partial charge >= 0.3 is 0 Å². The van der Waals surface area contributed by atoms with Gasteiger partial charge in [-0.3, -0.25) is 9.78 Å². The predicted octanol–water partition coefficient (Wildman–Crippen LogP) is 2.69. The number of piperidine rings is 1. The molecule has 0 spiro atoms. The Hall–Kier alpha value is -3.16. The molecule has 0 radical (unpaired) electrons. The van der Waals surface area contributed by atoms with E-state index >= 15 is 0 Å². The van der Waals surface area contributed by atoms with Crippen LogP contribution in [0.1, 0.15) is 35.1 Å². The van der Waals surface area contributed by atoms with Crippen molar-refractivity contribution in [2.45, 2.75) is 18.8 Å². The average Bonchev–Trinajstić information content (AvgIpc) is 3.19. The summed E-state index contributed by atoms with van der Waals surface area (Å²) in [6.07, 6.45) is 5.99. The number of carbonyl (C=O) groups excluding carboxylic acids is 1. The Balaban J connectivity index is 1.41. The Labute approximate surface area is 148 Å². The van der Waals surface area contributed by atoms with Gasteiger partial charge in [-0.1, -0.05) is 5.16 Å². The Morgan fingerprint density at radius 1 is 1.15 bits per heavy atom. The minimum Gasteiger partial charge on any atom is -0.339 e. The SMILES string of the molecule is O=C(c1cnccn1)N1CCC(c2nc(-c3ccc(F)cc3)no2)CC1. The minimum atomic E-state index is -0.308. The molecule has 1 amide bonds. The third-order valence-electron chi connectivity index (χ3n) is 4.46. The Bertz CT molecular complexity index is 889. The number of amides is 1. The third-order valence-corrected chi connectivity index (χ3v) is 4.46. The summed E-state index contributed by atoms with van der Waals surface area (Å²) < 4.78 is 18.4. The van der Waals surface area contributed by atoms with E-state index in [9.17, 15) is 9.18 Å². The molecule has 0 unspecified atom stereocenters. The number of aromatic nitrogens is 4. The van der Waals surface area contributed by atoms with Crippen molar-refractivity contribution in [3.63, 3.8) is 0 Å². The van der Waals surface area contributed by atoms with E-state index in [-0.39, 0.29) is 17.6 Å². The van der Waals surface area contributed by atoms with E-state index in [1.807, 2.05) is 0 Å². The number of nitrogens with zero attached hydrogens (tertiary/aromatic N) is 5. The van der Waals surface area contributed by atoms with Gasteiger partial charge in [-0.05, 0) is 37.1 Å². The molecular weight excluding hydrogens is 337 g/mol. The first kappa shape index (κ1) is 16.3. The second kappa shape index (κ2) is 6.99. The van der Waals surface area contributed by atoms with Gasteiger partial charge in [0.05, 0.1) is 6.20 Å². The topological polar surface area (TPSA) is 85.0 Å². The van der Waals surface area contributed by atoms with Crippen LogP contribution >= 0.6 is 0 Å². The number of likely N-dealkylation sites (tertiary alicyclic amines) is 1. The zero-order chi connectivity index (χ0) is 17.9. The van der Waals surface area contributed by atoms with Crippen molar-refractivity contribution in [3.05, 3.63) is 60.3 Å². The summed E-state index contributed by atoms with van der Waals surface area (Å²) in [5.74, 6) is 0.670. The zero-order valence-electron chi connectivity index (χ0n) is 13.9. The molecule has 7 nitrogen and oxygen atoms in total. The smallest absolute Gasteiger partial charge is 0.274 e. The lowest BCUT2D eigenvalue weighted by Crippen LogP contribution is -2.38. The monoisotopic (exact) mass is 353 g/mol. The highest BCUT2D eigenvalue weighted by Gasteiger charge is 2.28. The molecule has 3 aromatic rings. The minimum absolute atomic E-state index is 0.0996. The summed E-state index contributed by atoms with van der Waals surface area (Å²) in [6, 6.07) is 5.96. The molecule has 1 aliphatic rings. The summed E-state index contributed by atoms with van der Waals surface area (Å²) in [7, 11) is 0. The van der Waals surface area contributed by atoms with Gasteiger partial charge in [0, 0.05) is 37.0 Å². The molecule has 1 fully saturated rings. The van der Waals surface area contributed by atoms with Crippen LogP contribution in [-0.2, 0) is 0 Å². The van der Waals surface area contributed by atoms with Crippen LogP contribution in [0.5, 0.6) is 0 Å². The van der Waals surface area contributed by atoms with E-state index in [0.29, 0.717) is 36.1 Å². The molecule has 0 bridgehead atoms. The first-order chi connectivity index (χ1) is 12.7. The third kappa shape index (κ3) is 3.30. The van der Waals surface area contributed by atoms with Crippen molar-refractivity contribution in [1.29, 1.82) is 0 Å². The molecular formula is C18H16FN5O2. The summed E-state index contributed by atoms with van der Waals surface area (Å²) >= 11 is 0. The van der Waals surface area contributed by atoms with Crippen molar-refractivity contribution in [2.24, 2.45) is 0 Å². The van der Waals surface area contributed by atoms with Crippen molar-refractivity contribution in [1.82, 2.24) is 25.0 Å². The fourth-order valence-electron chi connectivity index (χ4n) is 3.02. The second-order valence-electron chi connectivity index (χ2n) is 6.12. The number of benzene rings is 1. The molecule has 132 valence electrons. The molecule has 0 aliphatic carbocycles. The van der Waals surface area contributed by atoms with Gasteiger partial charge in [-0.15, -0.1) is 0 Å². The van der Waals surface area contributed by atoms with E-state index in [1.165, 1.54) is 30.7 Å². The summed E-state index contributed by atoms with van der Waals surface area (Å²) in [6.45, 7) is 1.18. The molecule has 3 heterocycles. The van der Waals surface area contributed by atoms with Crippen molar-refractivity contribution < 1.29 is 13.7 Å². The lowest BCUT2D eigenvalue weighted by molar-refractivity contribution is 0.0698. The quantitative estimate of drug-likeness (QED) is 0.720. The van der Waals surface area contributed by atoms with Gasteiger partial charge in [0.2, 0.25) is 11.7 Å². The summed E-state index contributed by atoms with van der Waals surface area (Å²) in [5.41, 5.74) is 1.05. The van der Waals surface area contributed by atoms with Gasteiger partial charge in [0.1, 0.15) is 11.5 Å². The van der Waals surface area contributed by atoms with Crippen LogP contribution in [-0.4, -0.2) is 44.0 Å². The molecule has 8 heteroatoms. The lowest BCUT2D eigenvalue weighted by atomic mass is 9.96. The van der Waals surface area contributed by atoms with Crippen LogP contribution in [0.2, 0.25) is 0 Å². The predicted molar refractivity (Wildman–Crippen MR) is 89.6 cm³/mol. The van der Waals surface area contributed by atoms with Crippen LogP contribution < -0.4 is 0 Å². The van der Waals surface area contributed by atoms with Gasteiger partial charge in [-0.2, -0.15) is 4.98 Å². The van der Waals surface area contributed by atoms with Gasteiger partial charge < -0.3 is 9.42 Å². The normalized spacial score (nSPS) is 15.2. The standard InChI is InChI=1S/C18H16FN5O2/c19-14-3-1-12(2-4-14)16-22-17(26-23-16)13-5-9-24(10-6-13)18(25)15-11-20-7-8-21-15/h1-4,7-8,11,13H,5-6,9-10H2. The first-order valence-electron chi connectivity index (χ1n) is 8.35.